The average Bonchev–Trinajstić information content (AvgIpc) is 2.95. The number of imidazole rings is 1. The zero-order valence-corrected chi connectivity index (χ0v) is 12.6. The first-order valence-electron chi connectivity index (χ1n) is 6.32. The summed E-state index contributed by atoms with van der Waals surface area (Å²) in [7, 11) is 1.69. The second-order valence-corrected chi connectivity index (χ2v) is 5.43. The van der Waals surface area contributed by atoms with Crippen LogP contribution in [0.15, 0.2) is 11.6 Å². The summed E-state index contributed by atoms with van der Waals surface area (Å²) >= 11 is 1.69. The largest absolute Gasteiger partial charge is 0.383 e. The van der Waals surface area contributed by atoms with Crippen LogP contribution in [-0.2, 0) is 4.74 Å². The normalized spacial score (nSPS) is 12.6. The number of hydrogen-bond acceptors (Lipinski definition) is 5. The lowest BCUT2D eigenvalue weighted by molar-refractivity contribution is 0.210. The number of nitrogens with zero attached hydrogens (tertiary/aromatic N) is 3. The molecule has 0 radical (unpaired) electrons. The zero-order chi connectivity index (χ0) is 13.8. The average molecular weight is 280 g/mol. The molecule has 2 aromatic rings. The summed E-state index contributed by atoms with van der Waals surface area (Å²) in [6.45, 7) is 7.57. The van der Waals surface area contributed by atoms with Crippen LogP contribution in [0, 0.1) is 13.8 Å². The van der Waals surface area contributed by atoms with Gasteiger partial charge in [0.2, 0.25) is 5.95 Å². The van der Waals surface area contributed by atoms with E-state index in [-0.39, 0.29) is 6.04 Å². The molecule has 1 unspecified atom stereocenters. The van der Waals surface area contributed by atoms with Gasteiger partial charge in [0.05, 0.1) is 18.3 Å². The predicted octanol–water partition coefficient (Wildman–Crippen LogP) is 2.62. The number of thiazole rings is 1. The molecule has 0 spiro atoms. The molecule has 5 nitrogen and oxygen atoms in total. The Balaban J connectivity index is 2.18. The lowest BCUT2D eigenvalue weighted by Gasteiger charge is -2.14. The Morgan fingerprint density at radius 2 is 2.16 bits per heavy atom. The molecule has 0 saturated heterocycles. The van der Waals surface area contributed by atoms with E-state index >= 15 is 0 Å². The first-order chi connectivity index (χ1) is 9.11. The molecule has 0 bridgehead atoms. The van der Waals surface area contributed by atoms with Crippen molar-refractivity contribution in [2.75, 3.05) is 25.6 Å². The van der Waals surface area contributed by atoms with Crippen molar-refractivity contribution in [2.45, 2.75) is 26.8 Å². The van der Waals surface area contributed by atoms with Gasteiger partial charge in [0.25, 0.3) is 0 Å². The van der Waals surface area contributed by atoms with Crippen molar-refractivity contribution in [3.8, 4) is 0 Å². The van der Waals surface area contributed by atoms with Crippen LogP contribution < -0.4 is 5.32 Å². The summed E-state index contributed by atoms with van der Waals surface area (Å²) in [5.41, 5.74) is 2.07. The van der Waals surface area contributed by atoms with Gasteiger partial charge in [0.15, 0.2) is 0 Å². The standard InChI is InChI=1S/C13H20N4OS/c1-9-7-17(13(16-9)14-5-6-18-4)11(3)12-15-10(2)8-19-12/h7-8,11H,5-6H2,1-4H3,(H,14,16). The highest BCUT2D eigenvalue weighted by molar-refractivity contribution is 7.09. The van der Waals surface area contributed by atoms with E-state index in [0.717, 1.165) is 28.9 Å². The van der Waals surface area contributed by atoms with Crippen LogP contribution in [0.2, 0.25) is 0 Å². The van der Waals surface area contributed by atoms with Gasteiger partial charge in [-0.15, -0.1) is 11.3 Å². The second-order valence-electron chi connectivity index (χ2n) is 4.54. The highest BCUT2D eigenvalue weighted by Gasteiger charge is 2.16. The molecule has 6 heteroatoms. The molecule has 0 saturated carbocycles. The Kier molecular flexibility index (Phi) is 4.55. The highest BCUT2D eigenvalue weighted by atomic mass is 32.1. The number of rotatable bonds is 6. The molecule has 104 valence electrons. The van der Waals surface area contributed by atoms with E-state index in [1.54, 1.807) is 18.4 Å². The Bertz CT molecular complexity index is 534. The van der Waals surface area contributed by atoms with Crippen molar-refractivity contribution in [3.05, 3.63) is 28.0 Å². The van der Waals surface area contributed by atoms with Gasteiger partial charge < -0.3 is 14.6 Å². The second kappa shape index (κ2) is 6.16. The van der Waals surface area contributed by atoms with Gasteiger partial charge >= 0.3 is 0 Å². The maximum Gasteiger partial charge on any atom is 0.203 e. The Hall–Kier alpha value is -1.40. The van der Waals surface area contributed by atoms with E-state index in [1.165, 1.54) is 0 Å². The van der Waals surface area contributed by atoms with E-state index in [1.807, 2.05) is 13.8 Å². The zero-order valence-electron chi connectivity index (χ0n) is 11.8. The van der Waals surface area contributed by atoms with Crippen LogP contribution in [0.25, 0.3) is 0 Å². The first-order valence-corrected chi connectivity index (χ1v) is 7.20. The van der Waals surface area contributed by atoms with E-state index in [0.29, 0.717) is 6.61 Å². The van der Waals surface area contributed by atoms with Gasteiger partial charge in [-0.1, -0.05) is 0 Å². The van der Waals surface area contributed by atoms with Crippen LogP contribution in [-0.4, -0.2) is 34.8 Å². The molecule has 0 aliphatic rings. The first kappa shape index (κ1) is 14.0. The Labute approximate surface area is 117 Å². The molecule has 0 aromatic carbocycles. The summed E-state index contributed by atoms with van der Waals surface area (Å²) in [4.78, 5) is 9.06. The van der Waals surface area contributed by atoms with Crippen molar-refractivity contribution < 1.29 is 4.74 Å². The van der Waals surface area contributed by atoms with Gasteiger partial charge in [-0.3, -0.25) is 0 Å². The minimum atomic E-state index is 0.185. The number of aryl methyl sites for hydroxylation is 2. The summed E-state index contributed by atoms with van der Waals surface area (Å²) in [5, 5.41) is 6.47. The number of hydrogen-bond donors (Lipinski definition) is 1. The maximum absolute atomic E-state index is 5.05. The van der Waals surface area contributed by atoms with E-state index in [4.69, 9.17) is 4.74 Å². The minimum Gasteiger partial charge on any atom is -0.383 e. The van der Waals surface area contributed by atoms with E-state index in [2.05, 4.69) is 38.4 Å². The van der Waals surface area contributed by atoms with Gasteiger partial charge in [-0.05, 0) is 20.8 Å². The maximum atomic E-state index is 5.05. The van der Waals surface area contributed by atoms with Gasteiger partial charge in [0, 0.05) is 30.9 Å². The summed E-state index contributed by atoms with van der Waals surface area (Å²) in [6, 6.07) is 0.185. The fraction of sp³-hybridized carbons (Fsp3) is 0.538. The molecular weight excluding hydrogens is 260 g/mol. The van der Waals surface area contributed by atoms with E-state index < -0.39 is 0 Å². The van der Waals surface area contributed by atoms with Gasteiger partial charge in [-0.25, -0.2) is 9.97 Å². The van der Waals surface area contributed by atoms with E-state index in [9.17, 15) is 0 Å². The van der Waals surface area contributed by atoms with Crippen molar-refractivity contribution in [1.29, 1.82) is 0 Å². The van der Waals surface area contributed by atoms with Crippen molar-refractivity contribution in [1.82, 2.24) is 14.5 Å². The van der Waals surface area contributed by atoms with Crippen molar-refractivity contribution in [3.63, 3.8) is 0 Å². The number of anilines is 1. The molecule has 1 N–H and O–H groups in total. The highest BCUT2D eigenvalue weighted by Crippen LogP contribution is 2.25. The molecule has 0 aliphatic heterocycles. The molecule has 0 fully saturated rings. The summed E-state index contributed by atoms with van der Waals surface area (Å²) < 4.78 is 7.18. The third kappa shape index (κ3) is 3.33. The number of methoxy groups -OCH3 is 1. The molecule has 2 heterocycles. The lowest BCUT2D eigenvalue weighted by Crippen LogP contribution is -2.15. The molecular formula is C13H20N4OS. The Morgan fingerprint density at radius 1 is 1.37 bits per heavy atom. The third-order valence-corrected chi connectivity index (χ3v) is 3.99. The van der Waals surface area contributed by atoms with Gasteiger partial charge in [0.1, 0.15) is 5.01 Å². The molecule has 0 aliphatic carbocycles. The molecule has 2 aromatic heterocycles. The summed E-state index contributed by atoms with van der Waals surface area (Å²) in [5.74, 6) is 0.870. The van der Waals surface area contributed by atoms with Crippen molar-refractivity contribution >= 4 is 17.3 Å². The number of ether oxygens (including phenoxy) is 1. The molecule has 2 rings (SSSR count). The van der Waals surface area contributed by atoms with Crippen LogP contribution in [0.5, 0.6) is 0 Å². The van der Waals surface area contributed by atoms with Gasteiger partial charge in [-0.2, -0.15) is 0 Å². The fourth-order valence-electron chi connectivity index (χ4n) is 1.89. The van der Waals surface area contributed by atoms with Crippen LogP contribution in [0.1, 0.15) is 29.4 Å². The lowest BCUT2D eigenvalue weighted by atomic mass is 10.3. The predicted molar refractivity (Wildman–Crippen MR) is 78.0 cm³/mol. The SMILES string of the molecule is COCCNc1nc(C)cn1C(C)c1nc(C)cs1. The van der Waals surface area contributed by atoms with Crippen LogP contribution in [0.3, 0.4) is 0 Å². The smallest absolute Gasteiger partial charge is 0.203 e. The minimum absolute atomic E-state index is 0.185. The fourth-order valence-corrected chi connectivity index (χ4v) is 2.74. The Morgan fingerprint density at radius 3 is 2.79 bits per heavy atom. The summed E-state index contributed by atoms with van der Waals surface area (Å²) in [6.07, 6.45) is 2.05. The van der Waals surface area contributed by atoms with Crippen LogP contribution in [0.4, 0.5) is 5.95 Å². The van der Waals surface area contributed by atoms with Crippen LogP contribution >= 0.6 is 11.3 Å². The van der Waals surface area contributed by atoms with Crippen molar-refractivity contribution in [2.24, 2.45) is 0 Å². The third-order valence-electron chi connectivity index (χ3n) is 2.85. The molecule has 19 heavy (non-hydrogen) atoms. The molecule has 0 amide bonds. The quantitative estimate of drug-likeness (QED) is 0.826. The number of nitrogens with one attached hydrogen (secondary N) is 1. The number of aromatic nitrogens is 3. The molecule has 1 atom stereocenters. The topological polar surface area (TPSA) is 52.0 Å². The monoisotopic (exact) mass is 280 g/mol.